The molecule has 0 spiro atoms. The molecule has 1 aromatic rings. The van der Waals surface area contributed by atoms with Gasteiger partial charge in [-0.2, -0.15) is 0 Å². The fraction of sp³-hybridized carbons (Fsp3) is 0.111. The summed E-state index contributed by atoms with van der Waals surface area (Å²) >= 11 is 1.54. The molecule has 1 rings (SSSR count). The molecule has 0 aliphatic carbocycles. The fourth-order valence-corrected chi connectivity index (χ4v) is 1.34. The third-order valence-electron chi connectivity index (χ3n) is 1.28. The normalized spacial score (nSPS) is 10.2. The molecule has 0 aromatic carbocycles. The highest BCUT2D eigenvalue weighted by Gasteiger charge is 1.93. The van der Waals surface area contributed by atoms with E-state index in [2.05, 4.69) is 5.32 Å². The second-order valence-corrected chi connectivity index (χ2v) is 3.19. The van der Waals surface area contributed by atoms with Gasteiger partial charge in [-0.25, -0.2) is 0 Å². The number of thiophene rings is 1. The van der Waals surface area contributed by atoms with E-state index in [-0.39, 0.29) is 12.5 Å². The molecule has 0 unspecified atom stereocenters. The highest BCUT2D eigenvalue weighted by Crippen LogP contribution is 2.09. The number of nitrogens with one attached hydrogen (secondary N) is 1. The standard InChI is InChI=1S/C9H8NO2S/c11-6-5-10-9(12)4-3-8-2-1-7-13-8/h1-4,7H,5H2,(H,10,12). The van der Waals surface area contributed by atoms with E-state index in [1.807, 2.05) is 17.5 Å². The second kappa shape index (κ2) is 5.27. The Morgan fingerprint density at radius 1 is 1.69 bits per heavy atom. The van der Waals surface area contributed by atoms with Gasteiger partial charge in [0.15, 0.2) is 0 Å². The van der Waals surface area contributed by atoms with Crippen LogP contribution in [0.4, 0.5) is 0 Å². The van der Waals surface area contributed by atoms with Gasteiger partial charge in [0.05, 0.1) is 6.54 Å². The summed E-state index contributed by atoms with van der Waals surface area (Å²) in [7, 11) is 0. The number of hydrogen-bond acceptors (Lipinski definition) is 3. The highest BCUT2D eigenvalue weighted by molar-refractivity contribution is 7.10. The molecular formula is C9H8NO2S. The van der Waals surface area contributed by atoms with Gasteiger partial charge in [-0.1, -0.05) is 6.07 Å². The Kier molecular flexibility index (Phi) is 3.92. The first kappa shape index (κ1) is 9.67. The largest absolute Gasteiger partial charge is 0.345 e. The summed E-state index contributed by atoms with van der Waals surface area (Å²) in [5.74, 6) is -0.281. The molecule has 0 fully saturated rings. The van der Waals surface area contributed by atoms with Crippen molar-refractivity contribution in [1.82, 2.24) is 5.32 Å². The van der Waals surface area contributed by atoms with Gasteiger partial charge in [0.1, 0.15) is 0 Å². The summed E-state index contributed by atoms with van der Waals surface area (Å²) in [4.78, 5) is 21.7. The van der Waals surface area contributed by atoms with Crippen LogP contribution in [-0.4, -0.2) is 18.7 Å². The van der Waals surface area contributed by atoms with Gasteiger partial charge < -0.3 is 5.32 Å². The van der Waals surface area contributed by atoms with Crippen molar-refractivity contribution in [2.24, 2.45) is 0 Å². The Morgan fingerprint density at radius 2 is 2.54 bits per heavy atom. The zero-order valence-corrected chi connectivity index (χ0v) is 7.64. The van der Waals surface area contributed by atoms with E-state index in [9.17, 15) is 9.59 Å². The maximum absolute atomic E-state index is 10.9. The van der Waals surface area contributed by atoms with Gasteiger partial charge in [-0.05, 0) is 17.5 Å². The summed E-state index contributed by atoms with van der Waals surface area (Å²) in [6.07, 6.45) is 4.67. The van der Waals surface area contributed by atoms with Crippen molar-refractivity contribution in [2.45, 2.75) is 0 Å². The van der Waals surface area contributed by atoms with Gasteiger partial charge in [-0.15, -0.1) is 11.3 Å². The molecule has 0 aliphatic heterocycles. The quantitative estimate of drug-likeness (QED) is 0.726. The van der Waals surface area contributed by atoms with Crippen molar-refractivity contribution in [1.29, 1.82) is 0 Å². The summed E-state index contributed by atoms with van der Waals surface area (Å²) in [6.45, 7) is -0.0619. The Labute approximate surface area is 80.1 Å². The lowest BCUT2D eigenvalue weighted by atomic mass is 10.4. The summed E-state index contributed by atoms with van der Waals surface area (Å²) in [5, 5.41) is 4.28. The van der Waals surface area contributed by atoms with E-state index in [0.29, 0.717) is 0 Å². The van der Waals surface area contributed by atoms with Gasteiger partial charge in [0.25, 0.3) is 0 Å². The molecule has 0 saturated carbocycles. The van der Waals surface area contributed by atoms with Crippen LogP contribution in [0.2, 0.25) is 0 Å². The molecule has 4 heteroatoms. The van der Waals surface area contributed by atoms with Crippen molar-refractivity contribution >= 4 is 29.6 Å². The van der Waals surface area contributed by atoms with Crippen molar-refractivity contribution < 1.29 is 9.59 Å². The monoisotopic (exact) mass is 194 g/mol. The Morgan fingerprint density at radius 3 is 3.15 bits per heavy atom. The van der Waals surface area contributed by atoms with E-state index >= 15 is 0 Å². The van der Waals surface area contributed by atoms with Crippen molar-refractivity contribution in [3.05, 3.63) is 28.5 Å². The molecule has 1 aromatic heterocycles. The number of amides is 1. The maximum Gasteiger partial charge on any atom is 0.244 e. The zero-order chi connectivity index (χ0) is 9.52. The molecule has 3 nitrogen and oxygen atoms in total. The Bertz CT molecular complexity index is 303. The number of hydrogen-bond donors (Lipinski definition) is 1. The molecule has 13 heavy (non-hydrogen) atoms. The zero-order valence-electron chi connectivity index (χ0n) is 6.82. The Hall–Kier alpha value is -1.42. The average Bonchev–Trinajstić information content (AvgIpc) is 2.64. The second-order valence-electron chi connectivity index (χ2n) is 2.21. The molecule has 1 radical (unpaired) electrons. The van der Waals surface area contributed by atoms with Crippen molar-refractivity contribution in [2.75, 3.05) is 6.54 Å². The molecule has 0 bridgehead atoms. The lowest BCUT2D eigenvalue weighted by molar-refractivity contribution is -0.116. The first-order valence-corrected chi connectivity index (χ1v) is 4.55. The maximum atomic E-state index is 10.9. The molecule has 1 amide bonds. The molecule has 1 N–H and O–H groups in total. The summed E-state index contributed by atoms with van der Waals surface area (Å²) in [5.41, 5.74) is 0. The third-order valence-corrected chi connectivity index (χ3v) is 2.11. The smallest absolute Gasteiger partial charge is 0.244 e. The highest BCUT2D eigenvalue weighted by atomic mass is 32.1. The third kappa shape index (κ3) is 3.66. The van der Waals surface area contributed by atoms with Crippen molar-refractivity contribution in [3.8, 4) is 0 Å². The molecular weight excluding hydrogens is 186 g/mol. The first-order chi connectivity index (χ1) is 6.33. The lowest BCUT2D eigenvalue weighted by Gasteiger charge is -1.91. The van der Waals surface area contributed by atoms with Crippen LogP contribution in [-0.2, 0) is 9.59 Å². The predicted octanol–water partition coefficient (Wildman–Crippen LogP) is 0.987. The van der Waals surface area contributed by atoms with Crippen LogP contribution in [0.5, 0.6) is 0 Å². The van der Waals surface area contributed by atoms with Crippen molar-refractivity contribution in [3.63, 3.8) is 0 Å². The molecule has 67 valence electrons. The van der Waals surface area contributed by atoms with E-state index < -0.39 is 0 Å². The van der Waals surface area contributed by atoms with Crippen LogP contribution in [0.25, 0.3) is 6.08 Å². The summed E-state index contributed by atoms with van der Waals surface area (Å²) < 4.78 is 0. The van der Waals surface area contributed by atoms with Gasteiger partial charge >= 0.3 is 0 Å². The molecule has 1 heterocycles. The van der Waals surface area contributed by atoms with Crippen LogP contribution in [0.1, 0.15) is 4.88 Å². The predicted molar refractivity (Wildman–Crippen MR) is 52.1 cm³/mol. The van der Waals surface area contributed by atoms with Crippen LogP contribution < -0.4 is 5.32 Å². The molecule has 0 atom stereocenters. The minimum Gasteiger partial charge on any atom is -0.345 e. The van der Waals surface area contributed by atoms with E-state index in [1.165, 1.54) is 6.08 Å². The number of rotatable bonds is 4. The number of carbonyl (C=O) groups excluding carboxylic acids is 2. The van der Waals surface area contributed by atoms with E-state index in [1.54, 1.807) is 23.7 Å². The average molecular weight is 194 g/mol. The lowest BCUT2D eigenvalue weighted by Crippen LogP contribution is -2.22. The van der Waals surface area contributed by atoms with Gasteiger partial charge in [0.2, 0.25) is 12.2 Å². The minimum absolute atomic E-state index is 0.0619. The molecule has 0 saturated heterocycles. The SMILES string of the molecule is O=[C]CNC(=O)C=Cc1cccs1. The minimum atomic E-state index is -0.281. The topological polar surface area (TPSA) is 46.2 Å². The number of carbonyl (C=O) groups is 1. The molecule has 0 aliphatic rings. The van der Waals surface area contributed by atoms with E-state index in [4.69, 9.17) is 0 Å². The van der Waals surface area contributed by atoms with Crippen LogP contribution >= 0.6 is 11.3 Å². The van der Waals surface area contributed by atoms with Gasteiger partial charge in [-0.3, -0.25) is 9.59 Å². The fourth-order valence-electron chi connectivity index (χ4n) is 0.726. The first-order valence-electron chi connectivity index (χ1n) is 3.67. The van der Waals surface area contributed by atoms with Crippen LogP contribution in [0, 0.1) is 0 Å². The van der Waals surface area contributed by atoms with Gasteiger partial charge in [0, 0.05) is 11.0 Å². The Balaban J connectivity index is 2.39. The van der Waals surface area contributed by atoms with Crippen LogP contribution in [0.15, 0.2) is 23.6 Å². The van der Waals surface area contributed by atoms with E-state index in [0.717, 1.165) is 4.88 Å². The summed E-state index contributed by atoms with van der Waals surface area (Å²) in [6, 6.07) is 3.81. The van der Waals surface area contributed by atoms with Crippen LogP contribution in [0.3, 0.4) is 0 Å².